The van der Waals surface area contributed by atoms with Crippen molar-refractivity contribution in [2.45, 2.75) is 6.54 Å². The van der Waals surface area contributed by atoms with Gasteiger partial charge in [-0.3, -0.25) is 9.78 Å². The van der Waals surface area contributed by atoms with Crippen LogP contribution in [0, 0.1) is 0 Å². The van der Waals surface area contributed by atoms with Gasteiger partial charge in [0.2, 0.25) is 0 Å². The van der Waals surface area contributed by atoms with Gasteiger partial charge in [-0.2, -0.15) is 0 Å². The predicted molar refractivity (Wildman–Crippen MR) is 65.2 cm³/mol. The topological polar surface area (TPSA) is 82.5 Å². The Morgan fingerprint density at radius 1 is 1.28 bits per heavy atom. The predicted octanol–water partition coefficient (Wildman–Crippen LogP) is 1.42. The molecular formula is C13H12N2O3. The van der Waals surface area contributed by atoms with E-state index in [4.69, 9.17) is 5.11 Å². The third kappa shape index (κ3) is 2.76. The van der Waals surface area contributed by atoms with Crippen molar-refractivity contribution in [3.63, 3.8) is 0 Å². The molecule has 3 N–H and O–H groups in total. The van der Waals surface area contributed by atoms with Crippen molar-refractivity contribution < 1.29 is 15.0 Å². The molecule has 18 heavy (non-hydrogen) atoms. The number of carbonyl (C=O) groups is 1. The van der Waals surface area contributed by atoms with Gasteiger partial charge in [0.25, 0.3) is 5.91 Å². The highest BCUT2D eigenvalue weighted by atomic mass is 16.3. The number of nitrogens with one attached hydrogen (secondary N) is 1. The third-order valence-corrected chi connectivity index (χ3v) is 2.43. The summed E-state index contributed by atoms with van der Waals surface area (Å²) in [6.45, 7) is 0.180. The second-order valence-corrected chi connectivity index (χ2v) is 3.74. The maximum atomic E-state index is 11.7. The Bertz CT molecular complexity index is 555. The first kappa shape index (κ1) is 11.9. The van der Waals surface area contributed by atoms with E-state index in [-0.39, 0.29) is 24.0 Å². The Balaban J connectivity index is 2.02. The molecule has 0 saturated heterocycles. The van der Waals surface area contributed by atoms with Crippen LogP contribution in [0.4, 0.5) is 0 Å². The van der Waals surface area contributed by atoms with Gasteiger partial charge in [-0.15, -0.1) is 0 Å². The zero-order chi connectivity index (χ0) is 13.0. The first-order valence-electron chi connectivity index (χ1n) is 5.36. The van der Waals surface area contributed by atoms with Gasteiger partial charge in [-0.1, -0.05) is 0 Å². The van der Waals surface area contributed by atoms with E-state index in [0.717, 1.165) is 0 Å². The molecule has 0 unspecified atom stereocenters. The van der Waals surface area contributed by atoms with E-state index < -0.39 is 0 Å². The van der Waals surface area contributed by atoms with Gasteiger partial charge >= 0.3 is 0 Å². The van der Waals surface area contributed by atoms with Crippen LogP contribution in [0.25, 0.3) is 0 Å². The highest BCUT2D eigenvalue weighted by molar-refractivity contribution is 5.93. The number of hydrogen-bond donors (Lipinski definition) is 3. The number of pyridine rings is 1. The molecule has 0 bridgehead atoms. The first-order chi connectivity index (χ1) is 8.66. The molecule has 0 fully saturated rings. The lowest BCUT2D eigenvalue weighted by Crippen LogP contribution is -2.22. The number of benzene rings is 1. The van der Waals surface area contributed by atoms with Gasteiger partial charge < -0.3 is 15.5 Å². The van der Waals surface area contributed by atoms with Crippen molar-refractivity contribution >= 4 is 5.91 Å². The number of phenols is 2. The average molecular weight is 244 g/mol. The molecule has 0 spiro atoms. The second-order valence-electron chi connectivity index (χ2n) is 3.74. The largest absolute Gasteiger partial charge is 0.508 e. The molecule has 0 radical (unpaired) electrons. The van der Waals surface area contributed by atoms with Crippen LogP contribution in [-0.4, -0.2) is 21.1 Å². The molecule has 0 saturated carbocycles. The number of rotatable bonds is 3. The quantitative estimate of drug-likeness (QED) is 0.762. The fourth-order valence-corrected chi connectivity index (χ4v) is 1.48. The van der Waals surface area contributed by atoms with Gasteiger partial charge in [0.1, 0.15) is 11.5 Å². The van der Waals surface area contributed by atoms with Gasteiger partial charge in [0.15, 0.2) is 0 Å². The number of amides is 1. The van der Waals surface area contributed by atoms with Crippen LogP contribution < -0.4 is 5.32 Å². The summed E-state index contributed by atoms with van der Waals surface area (Å²) in [5.74, 6) is -0.341. The normalized spacial score (nSPS) is 10.0. The molecule has 0 aliphatic rings. The Hall–Kier alpha value is -2.56. The Morgan fingerprint density at radius 3 is 2.78 bits per heavy atom. The van der Waals surface area contributed by atoms with Crippen molar-refractivity contribution in [2.24, 2.45) is 0 Å². The van der Waals surface area contributed by atoms with Crippen molar-refractivity contribution in [3.05, 3.63) is 53.9 Å². The molecule has 2 aromatic rings. The van der Waals surface area contributed by atoms with E-state index >= 15 is 0 Å². The van der Waals surface area contributed by atoms with Crippen LogP contribution in [0.5, 0.6) is 11.5 Å². The summed E-state index contributed by atoms with van der Waals surface area (Å²) in [5.41, 5.74) is 0.987. The second kappa shape index (κ2) is 5.18. The molecule has 5 nitrogen and oxygen atoms in total. The summed E-state index contributed by atoms with van der Waals surface area (Å²) in [5, 5.41) is 21.3. The average Bonchev–Trinajstić information content (AvgIpc) is 2.38. The highest BCUT2D eigenvalue weighted by Crippen LogP contribution is 2.22. The lowest BCUT2D eigenvalue weighted by molar-refractivity contribution is 0.0950. The maximum absolute atomic E-state index is 11.7. The Labute approximate surface area is 104 Å². The molecule has 5 heteroatoms. The first-order valence-corrected chi connectivity index (χ1v) is 5.36. The molecule has 0 aliphatic heterocycles. The summed E-state index contributed by atoms with van der Waals surface area (Å²) in [6, 6.07) is 7.55. The number of carbonyl (C=O) groups excluding carboxylic acids is 1. The van der Waals surface area contributed by atoms with Crippen LogP contribution in [-0.2, 0) is 6.54 Å². The summed E-state index contributed by atoms with van der Waals surface area (Å²) < 4.78 is 0. The maximum Gasteiger partial charge on any atom is 0.253 e. The van der Waals surface area contributed by atoms with Crippen LogP contribution in [0.15, 0.2) is 42.7 Å². The zero-order valence-electron chi connectivity index (χ0n) is 9.50. The summed E-state index contributed by atoms with van der Waals surface area (Å²) in [7, 11) is 0. The van der Waals surface area contributed by atoms with Crippen LogP contribution in [0.1, 0.15) is 15.9 Å². The number of aromatic nitrogens is 1. The Morgan fingerprint density at radius 2 is 2.11 bits per heavy atom. The molecule has 1 aromatic carbocycles. The summed E-state index contributed by atoms with van der Waals surface area (Å²) >= 11 is 0. The smallest absolute Gasteiger partial charge is 0.253 e. The fourth-order valence-electron chi connectivity index (χ4n) is 1.48. The number of nitrogens with zero attached hydrogens (tertiary/aromatic N) is 1. The van der Waals surface area contributed by atoms with Crippen molar-refractivity contribution in [3.8, 4) is 11.5 Å². The molecule has 1 amide bonds. The lowest BCUT2D eigenvalue weighted by Gasteiger charge is -2.07. The summed E-state index contributed by atoms with van der Waals surface area (Å²) in [4.78, 5) is 15.6. The van der Waals surface area contributed by atoms with Crippen molar-refractivity contribution in [1.82, 2.24) is 10.3 Å². The minimum atomic E-state index is -0.268. The van der Waals surface area contributed by atoms with Gasteiger partial charge in [0.05, 0.1) is 5.56 Å². The monoisotopic (exact) mass is 244 g/mol. The minimum absolute atomic E-state index is 0.0187. The van der Waals surface area contributed by atoms with Gasteiger partial charge in [0, 0.05) is 30.6 Å². The fraction of sp³-hybridized carbons (Fsp3) is 0.0769. The summed E-state index contributed by atoms with van der Waals surface area (Å²) in [6.07, 6.45) is 3.05. The minimum Gasteiger partial charge on any atom is -0.508 e. The molecule has 2 rings (SSSR count). The number of aromatic hydroxyl groups is 2. The van der Waals surface area contributed by atoms with E-state index in [1.54, 1.807) is 24.4 Å². The van der Waals surface area contributed by atoms with Crippen LogP contribution in [0.2, 0.25) is 0 Å². The van der Waals surface area contributed by atoms with Crippen molar-refractivity contribution in [2.75, 3.05) is 0 Å². The van der Waals surface area contributed by atoms with Gasteiger partial charge in [-0.25, -0.2) is 0 Å². The SMILES string of the molecule is O=C(NCc1ccc(O)cc1O)c1cccnc1. The van der Waals surface area contributed by atoms with Gasteiger partial charge in [-0.05, 0) is 24.3 Å². The van der Waals surface area contributed by atoms with E-state index in [0.29, 0.717) is 11.1 Å². The van der Waals surface area contributed by atoms with E-state index in [9.17, 15) is 9.90 Å². The molecule has 1 heterocycles. The molecule has 0 atom stereocenters. The van der Waals surface area contributed by atoms with Crippen LogP contribution in [0.3, 0.4) is 0 Å². The van der Waals surface area contributed by atoms with Crippen LogP contribution >= 0.6 is 0 Å². The molecule has 1 aromatic heterocycles. The van der Waals surface area contributed by atoms with Crippen molar-refractivity contribution in [1.29, 1.82) is 0 Å². The molecule has 92 valence electrons. The number of hydrogen-bond acceptors (Lipinski definition) is 4. The number of phenolic OH excluding ortho intramolecular Hbond substituents is 2. The zero-order valence-corrected chi connectivity index (χ0v) is 9.50. The third-order valence-electron chi connectivity index (χ3n) is 2.43. The highest BCUT2D eigenvalue weighted by Gasteiger charge is 2.07. The lowest BCUT2D eigenvalue weighted by atomic mass is 10.2. The Kier molecular flexibility index (Phi) is 3.43. The van der Waals surface area contributed by atoms with E-state index in [2.05, 4.69) is 10.3 Å². The van der Waals surface area contributed by atoms with E-state index in [1.807, 2.05) is 0 Å². The molecular weight excluding hydrogens is 232 g/mol. The standard InChI is InChI=1S/C13H12N2O3/c16-11-4-3-9(12(17)6-11)8-15-13(18)10-2-1-5-14-7-10/h1-7,16-17H,8H2,(H,15,18). The molecule has 0 aliphatic carbocycles. The van der Waals surface area contributed by atoms with E-state index in [1.165, 1.54) is 18.3 Å².